The van der Waals surface area contributed by atoms with Crippen LogP contribution in [0.2, 0.25) is 0 Å². The Morgan fingerprint density at radius 1 is 1.32 bits per heavy atom. The molecular formula is C16H22N4OS. The van der Waals surface area contributed by atoms with E-state index in [2.05, 4.69) is 38.0 Å². The van der Waals surface area contributed by atoms with Gasteiger partial charge in [-0.05, 0) is 36.8 Å². The fourth-order valence-electron chi connectivity index (χ4n) is 3.34. The number of hydrogen-bond acceptors (Lipinski definition) is 5. The largest absolute Gasteiger partial charge is 0.370 e. The summed E-state index contributed by atoms with van der Waals surface area (Å²) in [7, 11) is 0. The van der Waals surface area contributed by atoms with Crippen molar-refractivity contribution in [3.63, 3.8) is 0 Å². The van der Waals surface area contributed by atoms with Crippen LogP contribution in [0.15, 0.2) is 11.4 Å². The van der Waals surface area contributed by atoms with Gasteiger partial charge in [0.25, 0.3) is 0 Å². The van der Waals surface area contributed by atoms with Crippen molar-refractivity contribution >= 4 is 11.3 Å². The van der Waals surface area contributed by atoms with Crippen LogP contribution in [0.4, 0.5) is 0 Å². The summed E-state index contributed by atoms with van der Waals surface area (Å²) < 4.78 is 8.10. The highest BCUT2D eigenvalue weighted by atomic mass is 32.1. The van der Waals surface area contributed by atoms with Crippen molar-refractivity contribution < 1.29 is 4.74 Å². The summed E-state index contributed by atoms with van der Waals surface area (Å²) in [5.74, 6) is 2.16. The smallest absolute Gasteiger partial charge is 0.162 e. The van der Waals surface area contributed by atoms with E-state index in [9.17, 15) is 0 Å². The molecule has 0 aromatic carbocycles. The third kappa shape index (κ3) is 2.71. The average Bonchev–Trinajstić information content (AvgIpc) is 3.22. The number of aryl methyl sites for hydroxylation is 1. The average molecular weight is 318 g/mol. The summed E-state index contributed by atoms with van der Waals surface area (Å²) in [6.45, 7) is 7.20. The third-order valence-corrected chi connectivity index (χ3v) is 5.71. The van der Waals surface area contributed by atoms with Crippen molar-refractivity contribution in [2.24, 2.45) is 0 Å². The summed E-state index contributed by atoms with van der Waals surface area (Å²) in [6.07, 6.45) is 3.35. The molecule has 2 aliphatic heterocycles. The fourth-order valence-corrected chi connectivity index (χ4v) is 4.28. The van der Waals surface area contributed by atoms with Crippen LogP contribution in [0.1, 0.15) is 41.0 Å². The summed E-state index contributed by atoms with van der Waals surface area (Å²) in [5.41, 5.74) is 1.41. The normalized spacial score (nSPS) is 22.7. The molecule has 2 aliphatic rings. The highest BCUT2D eigenvalue weighted by Gasteiger charge is 2.27. The third-order valence-electron chi connectivity index (χ3n) is 4.70. The van der Waals surface area contributed by atoms with Gasteiger partial charge < -0.3 is 9.30 Å². The zero-order valence-corrected chi connectivity index (χ0v) is 13.8. The quantitative estimate of drug-likeness (QED) is 0.872. The molecule has 0 amide bonds. The first kappa shape index (κ1) is 14.4. The minimum Gasteiger partial charge on any atom is -0.370 e. The highest BCUT2D eigenvalue weighted by molar-refractivity contribution is 7.10. The lowest BCUT2D eigenvalue weighted by atomic mass is 10.2. The van der Waals surface area contributed by atoms with Gasteiger partial charge in [0.1, 0.15) is 11.9 Å². The Bertz CT molecular complexity index is 644. The summed E-state index contributed by atoms with van der Waals surface area (Å²) in [5, 5.41) is 11.0. The van der Waals surface area contributed by atoms with Crippen LogP contribution in [0.5, 0.6) is 0 Å². The molecule has 22 heavy (non-hydrogen) atoms. The Kier molecular flexibility index (Phi) is 3.98. The predicted octanol–water partition coefficient (Wildman–Crippen LogP) is 2.56. The van der Waals surface area contributed by atoms with Crippen LogP contribution in [0, 0.1) is 6.92 Å². The van der Waals surface area contributed by atoms with Gasteiger partial charge >= 0.3 is 0 Å². The second-order valence-corrected chi connectivity index (χ2v) is 7.18. The van der Waals surface area contributed by atoms with Gasteiger partial charge in [0.2, 0.25) is 0 Å². The number of thiophene rings is 1. The second-order valence-electron chi connectivity index (χ2n) is 6.18. The van der Waals surface area contributed by atoms with Gasteiger partial charge in [0.05, 0.1) is 0 Å². The van der Waals surface area contributed by atoms with E-state index < -0.39 is 0 Å². The van der Waals surface area contributed by atoms with E-state index >= 15 is 0 Å². The van der Waals surface area contributed by atoms with Crippen molar-refractivity contribution in [1.82, 2.24) is 19.7 Å². The van der Waals surface area contributed by atoms with Gasteiger partial charge in [-0.1, -0.05) is 0 Å². The van der Waals surface area contributed by atoms with E-state index in [1.807, 2.05) is 11.3 Å². The Morgan fingerprint density at radius 3 is 3.05 bits per heavy atom. The molecule has 0 saturated carbocycles. The fraction of sp³-hybridized carbons (Fsp3) is 0.625. The van der Waals surface area contributed by atoms with Crippen LogP contribution in [0.3, 0.4) is 0 Å². The number of ether oxygens (including phenoxy) is 1. The van der Waals surface area contributed by atoms with Gasteiger partial charge in [-0.3, -0.25) is 4.90 Å². The molecule has 0 aliphatic carbocycles. The molecule has 2 aromatic heterocycles. The molecule has 0 radical (unpaired) electrons. The van der Waals surface area contributed by atoms with E-state index in [0.717, 1.165) is 63.7 Å². The molecule has 2 aromatic rings. The summed E-state index contributed by atoms with van der Waals surface area (Å²) in [6, 6.07) is 2.21. The van der Waals surface area contributed by atoms with Crippen molar-refractivity contribution in [3.8, 4) is 0 Å². The standard InChI is InChI=1S/C16H22N4OS/c1-12-5-10-22-14(12)11-19-6-4-15-17-18-16(20(15)8-7-19)13-3-2-9-21-13/h5,10,13H,2-4,6-9,11H2,1H3/t13-/m1/s1. The number of rotatable bonds is 3. The predicted molar refractivity (Wildman–Crippen MR) is 86.0 cm³/mol. The molecule has 0 unspecified atom stereocenters. The molecule has 4 rings (SSSR count). The maximum Gasteiger partial charge on any atom is 0.162 e. The molecule has 0 spiro atoms. The molecule has 1 saturated heterocycles. The van der Waals surface area contributed by atoms with Crippen molar-refractivity contribution in [2.75, 3.05) is 19.7 Å². The van der Waals surface area contributed by atoms with Crippen LogP contribution in [0.25, 0.3) is 0 Å². The van der Waals surface area contributed by atoms with E-state index in [4.69, 9.17) is 4.74 Å². The molecule has 1 atom stereocenters. The van der Waals surface area contributed by atoms with Crippen LogP contribution >= 0.6 is 11.3 Å². The first-order valence-electron chi connectivity index (χ1n) is 8.10. The van der Waals surface area contributed by atoms with Crippen LogP contribution in [-0.4, -0.2) is 39.4 Å². The molecule has 5 nitrogen and oxygen atoms in total. The van der Waals surface area contributed by atoms with Crippen molar-refractivity contribution in [1.29, 1.82) is 0 Å². The topological polar surface area (TPSA) is 43.2 Å². The number of aromatic nitrogens is 3. The lowest BCUT2D eigenvalue weighted by molar-refractivity contribution is 0.101. The van der Waals surface area contributed by atoms with E-state index in [0.29, 0.717) is 0 Å². The number of fused-ring (bicyclic) bond motifs is 1. The first-order chi connectivity index (χ1) is 10.8. The lowest BCUT2D eigenvalue weighted by Gasteiger charge is -2.19. The maximum atomic E-state index is 5.80. The Balaban J connectivity index is 1.47. The van der Waals surface area contributed by atoms with Gasteiger partial charge in [-0.15, -0.1) is 21.5 Å². The van der Waals surface area contributed by atoms with Crippen LogP contribution < -0.4 is 0 Å². The van der Waals surface area contributed by atoms with Crippen molar-refractivity contribution in [2.45, 2.75) is 45.4 Å². The molecule has 118 valence electrons. The van der Waals surface area contributed by atoms with Gasteiger partial charge in [0, 0.05) is 44.1 Å². The highest BCUT2D eigenvalue weighted by Crippen LogP contribution is 2.28. The Labute approximate surface area is 134 Å². The minimum absolute atomic E-state index is 0.160. The molecule has 6 heteroatoms. The first-order valence-corrected chi connectivity index (χ1v) is 8.98. The molecule has 4 heterocycles. The summed E-state index contributed by atoms with van der Waals surface area (Å²) in [4.78, 5) is 4.02. The molecule has 0 bridgehead atoms. The van der Waals surface area contributed by atoms with Gasteiger partial charge in [-0.2, -0.15) is 0 Å². The molecule has 0 N–H and O–H groups in total. The van der Waals surface area contributed by atoms with E-state index in [1.165, 1.54) is 10.4 Å². The van der Waals surface area contributed by atoms with Crippen molar-refractivity contribution in [3.05, 3.63) is 33.5 Å². The molecular weight excluding hydrogens is 296 g/mol. The number of nitrogens with zero attached hydrogens (tertiary/aromatic N) is 4. The SMILES string of the molecule is Cc1ccsc1CN1CCc2nnc([C@H]3CCCO3)n2CC1. The van der Waals surface area contributed by atoms with E-state index in [-0.39, 0.29) is 6.10 Å². The second kappa shape index (κ2) is 6.10. The number of hydrogen-bond donors (Lipinski definition) is 0. The minimum atomic E-state index is 0.160. The lowest BCUT2D eigenvalue weighted by Crippen LogP contribution is -2.26. The zero-order chi connectivity index (χ0) is 14.9. The molecule has 1 fully saturated rings. The maximum absolute atomic E-state index is 5.80. The van der Waals surface area contributed by atoms with Gasteiger partial charge in [-0.25, -0.2) is 0 Å². The van der Waals surface area contributed by atoms with Gasteiger partial charge in [0.15, 0.2) is 5.82 Å². The Morgan fingerprint density at radius 2 is 2.27 bits per heavy atom. The summed E-state index contributed by atoms with van der Waals surface area (Å²) >= 11 is 1.86. The van der Waals surface area contributed by atoms with E-state index in [1.54, 1.807) is 0 Å². The van der Waals surface area contributed by atoms with Crippen LogP contribution in [-0.2, 0) is 24.2 Å². The monoisotopic (exact) mass is 318 g/mol. The Hall–Kier alpha value is -1.24. The zero-order valence-electron chi connectivity index (χ0n) is 13.0.